The molecule has 4 rings (SSSR count). The van der Waals surface area contributed by atoms with E-state index in [1.807, 2.05) is 72.8 Å². The Bertz CT molecular complexity index is 1070. The van der Waals surface area contributed by atoms with Gasteiger partial charge in [0.05, 0.1) is 6.61 Å². The molecule has 3 aromatic carbocycles. The van der Waals surface area contributed by atoms with Gasteiger partial charge in [-0.1, -0.05) is 72.3 Å². The zero-order valence-corrected chi connectivity index (χ0v) is 18.5. The van der Waals surface area contributed by atoms with Gasteiger partial charge in [0.1, 0.15) is 12.4 Å². The lowest BCUT2D eigenvalue weighted by molar-refractivity contribution is -0.00231. The molecule has 162 valence electrons. The molecule has 0 amide bonds. The second-order valence-corrected chi connectivity index (χ2v) is 7.41. The van der Waals surface area contributed by atoms with E-state index in [0.717, 1.165) is 16.7 Å². The monoisotopic (exact) mass is 467 g/mol. The molecule has 4 aromatic rings. The molecule has 0 aliphatic heterocycles. The van der Waals surface area contributed by atoms with E-state index in [1.165, 1.54) is 0 Å². The minimum absolute atomic E-state index is 0.0485. The highest BCUT2D eigenvalue weighted by molar-refractivity contribution is 6.31. The topological polar surface area (TPSA) is 66.4 Å². The van der Waals surface area contributed by atoms with Gasteiger partial charge in [0, 0.05) is 10.6 Å². The third-order valence-electron chi connectivity index (χ3n) is 4.37. The lowest BCUT2D eigenvalue weighted by atomic mass is 10.1. The van der Waals surface area contributed by atoms with E-state index in [4.69, 9.17) is 37.4 Å². The fourth-order valence-corrected chi connectivity index (χ4v) is 3.31. The molecule has 0 N–H and O–H groups in total. The normalized spacial score (nSPS) is 10.7. The maximum Gasteiger partial charge on any atom is 0.323 e. The quantitative estimate of drug-likeness (QED) is 0.224. The molecule has 1 heterocycles. The third kappa shape index (κ3) is 6.17. The van der Waals surface area contributed by atoms with Crippen LogP contribution in [-0.4, -0.2) is 35.0 Å². The van der Waals surface area contributed by atoms with Gasteiger partial charge in [-0.25, -0.2) is 0 Å². The molecule has 8 heteroatoms. The first-order chi connectivity index (χ1) is 15.7. The van der Waals surface area contributed by atoms with Crippen LogP contribution in [-0.2, 0) is 4.74 Å². The van der Waals surface area contributed by atoms with Crippen molar-refractivity contribution in [3.8, 4) is 34.3 Å². The van der Waals surface area contributed by atoms with Crippen LogP contribution in [0.2, 0.25) is 10.3 Å². The van der Waals surface area contributed by atoms with Crippen LogP contribution in [0.3, 0.4) is 0 Å². The number of aromatic nitrogens is 3. The Balaban J connectivity index is 1.26. The zero-order valence-electron chi connectivity index (χ0n) is 16.9. The van der Waals surface area contributed by atoms with Crippen LogP contribution in [0.5, 0.6) is 11.8 Å². The second-order valence-electron chi connectivity index (χ2n) is 6.64. The number of nitrogens with zero attached hydrogens (tertiary/aromatic N) is 3. The molecule has 0 fully saturated rings. The highest BCUT2D eigenvalue weighted by Gasteiger charge is 2.08. The van der Waals surface area contributed by atoms with Gasteiger partial charge in [-0.2, -0.15) is 15.0 Å². The Hall–Kier alpha value is -3.19. The second kappa shape index (κ2) is 10.9. The minimum Gasteiger partial charge on any atom is -0.491 e. The highest BCUT2D eigenvalue weighted by Crippen LogP contribution is 2.28. The Morgan fingerprint density at radius 2 is 1.38 bits per heavy atom. The third-order valence-corrected chi connectivity index (χ3v) is 4.75. The summed E-state index contributed by atoms with van der Waals surface area (Å²) >= 11 is 12.2. The van der Waals surface area contributed by atoms with Crippen LogP contribution in [0.4, 0.5) is 0 Å². The number of ether oxygens (including phenoxy) is 3. The Labute approximate surface area is 195 Å². The summed E-state index contributed by atoms with van der Waals surface area (Å²) in [6.45, 7) is 0.575. The van der Waals surface area contributed by atoms with Crippen molar-refractivity contribution in [1.82, 2.24) is 15.0 Å². The summed E-state index contributed by atoms with van der Waals surface area (Å²) in [5.74, 6) is 1.09. The van der Waals surface area contributed by atoms with E-state index in [-0.39, 0.29) is 18.1 Å². The van der Waals surface area contributed by atoms with Crippen molar-refractivity contribution >= 4 is 23.2 Å². The average Bonchev–Trinajstić information content (AvgIpc) is 2.82. The highest BCUT2D eigenvalue weighted by atomic mass is 35.5. The summed E-state index contributed by atoms with van der Waals surface area (Å²) in [4.78, 5) is 12.4. The summed E-state index contributed by atoms with van der Waals surface area (Å²) in [6.07, 6.45) is 0. The maximum atomic E-state index is 6.24. The van der Waals surface area contributed by atoms with E-state index in [9.17, 15) is 0 Å². The largest absolute Gasteiger partial charge is 0.491 e. The average molecular weight is 468 g/mol. The van der Waals surface area contributed by atoms with Crippen molar-refractivity contribution in [2.24, 2.45) is 0 Å². The first-order valence-corrected chi connectivity index (χ1v) is 10.6. The number of hydrogen-bond acceptors (Lipinski definition) is 6. The number of hydrogen-bond donors (Lipinski definition) is 0. The van der Waals surface area contributed by atoms with Gasteiger partial charge < -0.3 is 14.2 Å². The first kappa shape index (κ1) is 22.0. The van der Waals surface area contributed by atoms with Crippen molar-refractivity contribution in [2.75, 3.05) is 20.0 Å². The number of benzene rings is 3. The van der Waals surface area contributed by atoms with Crippen molar-refractivity contribution in [3.05, 3.63) is 89.2 Å². The van der Waals surface area contributed by atoms with E-state index in [2.05, 4.69) is 15.0 Å². The number of rotatable bonds is 9. The Morgan fingerprint density at radius 3 is 2.12 bits per heavy atom. The lowest BCUT2D eigenvalue weighted by Crippen LogP contribution is -2.12. The summed E-state index contributed by atoms with van der Waals surface area (Å²) in [6, 6.07) is 25.1. The minimum atomic E-state index is -0.0528. The molecule has 0 aliphatic rings. The summed E-state index contributed by atoms with van der Waals surface area (Å²) in [7, 11) is 0. The molecule has 32 heavy (non-hydrogen) atoms. The van der Waals surface area contributed by atoms with Gasteiger partial charge in [0.15, 0.2) is 12.6 Å². The fourth-order valence-electron chi connectivity index (χ4n) is 2.93. The molecule has 0 unspecified atom stereocenters. The van der Waals surface area contributed by atoms with Crippen LogP contribution in [0.15, 0.2) is 78.9 Å². The van der Waals surface area contributed by atoms with E-state index >= 15 is 0 Å². The fraction of sp³-hybridized carbons (Fsp3) is 0.125. The van der Waals surface area contributed by atoms with Crippen molar-refractivity contribution in [1.29, 1.82) is 0 Å². The van der Waals surface area contributed by atoms with Gasteiger partial charge in [0.2, 0.25) is 5.28 Å². The molecular formula is C24H19Cl2N3O3. The van der Waals surface area contributed by atoms with Gasteiger partial charge in [0.25, 0.3) is 0 Å². The standard InChI is InChI=1S/C24H19Cl2N3O3/c25-20-13-19(17-7-3-1-4-8-17)14-21(15-20)31-12-11-30-16-32-24-28-22(27-23(26)29-24)18-9-5-2-6-10-18/h1-10,13-15H,11-12,16H2. The molecule has 0 aliphatic carbocycles. The molecule has 0 spiro atoms. The zero-order chi connectivity index (χ0) is 22.2. The Kier molecular flexibility index (Phi) is 7.51. The van der Waals surface area contributed by atoms with E-state index in [0.29, 0.717) is 29.8 Å². The van der Waals surface area contributed by atoms with Crippen molar-refractivity contribution in [2.45, 2.75) is 0 Å². The van der Waals surface area contributed by atoms with Crippen LogP contribution >= 0.6 is 23.2 Å². The molecule has 0 atom stereocenters. The van der Waals surface area contributed by atoms with Crippen LogP contribution in [0.1, 0.15) is 0 Å². The van der Waals surface area contributed by atoms with E-state index < -0.39 is 0 Å². The SMILES string of the molecule is Clc1cc(OCCOCOc2nc(Cl)nc(-c3ccccc3)n2)cc(-c2ccccc2)c1. The van der Waals surface area contributed by atoms with Crippen molar-refractivity contribution < 1.29 is 14.2 Å². The van der Waals surface area contributed by atoms with Gasteiger partial charge in [-0.05, 0) is 40.9 Å². The molecule has 1 aromatic heterocycles. The summed E-state index contributed by atoms with van der Waals surface area (Å²) in [5.41, 5.74) is 2.86. The Morgan fingerprint density at radius 1 is 0.656 bits per heavy atom. The van der Waals surface area contributed by atoms with Crippen LogP contribution < -0.4 is 9.47 Å². The van der Waals surface area contributed by atoms with Crippen LogP contribution in [0, 0.1) is 0 Å². The number of halogens is 2. The molecular weight excluding hydrogens is 449 g/mol. The van der Waals surface area contributed by atoms with E-state index in [1.54, 1.807) is 6.07 Å². The van der Waals surface area contributed by atoms with Gasteiger partial charge in [-0.3, -0.25) is 0 Å². The van der Waals surface area contributed by atoms with Gasteiger partial charge in [-0.15, -0.1) is 0 Å². The maximum absolute atomic E-state index is 6.24. The molecule has 0 saturated heterocycles. The predicted molar refractivity (Wildman–Crippen MR) is 124 cm³/mol. The first-order valence-electron chi connectivity index (χ1n) is 9.84. The molecule has 0 saturated carbocycles. The molecule has 0 radical (unpaired) electrons. The lowest BCUT2D eigenvalue weighted by Gasteiger charge is -2.10. The molecule has 6 nitrogen and oxygen atoms in total. The van der Waals surface area contributed by atoms with Gasteiger partial charge >= 0.3 is 6.01 Å². The van der Waals surface area contributed by atoms with Crippen LogP contribution in [0.25, 0.3) is 22.5 Å². The summed E-state index contributed by atoms with van der Waals surface area (Å²) in [5, 5.41) is 0.652. The summed E-state index contributed by atoms with van der Waals surface area (Å²) < 4.78 is 16.7. The predicted octanol–water partition coefficient (Wildman–Crippen LogP) is 5.94. The molecule has 0 bridgehead atoms. The smallest absolute Gasteiger partial charge is 0.323 e. The van der Waals surface area contributed by atoms with Crippen molar-refractivity contribution in [3.63, 3.8) is 0 Å².